The Balaban J connectivity index is 0.000000696. The number of carboxylic acids is 1. The molecule has 4 N–H and O–H groups in total. The molecule has 2 aromatic carbocycles. The maximum absolute atomic E-state index is 11.7. The van der Waals surface area contributed by atoms with Gasteiger partial charge >= 0.3 is 12.1 Å². The number of aliphatic carboxylic acids is 1. The maximum Gasteiger partial charge on any atom is 0.408 e. The molecule has 0 saturated heterocycles. The lowest BCUT2D eigenvalue weighted by molar-refractivity contribution is -0.139. The van der Waals surface area contributed by atoms with Crippen LogP contribution in [0, 0.1) is 0 Å². The van der Waals surface area contributed by atoms with Crippen LogP contribution in [-0.4, -0.2) is 39.0 Å². The lowest BCUT2D eigenvalue weighted by Gasteiger charge is -2.14. The van der Waals surface area contributed by atoms with Gasteiger partial charge in [-0.05, 0) is 44.0 Å². The van der Waals surface area contributed by atoms with E-state index in [0.717, 1.165) is 5.56 Å². The molecule has 0 bridgehead atoms. The Hall–Kier alpha value is -3.06. The van der Waals surface area contributed by atoms with Crippen molar-refractivity contribution in [3.05, 3.63) is 65.7 Å². The first kappa shape index (κ1) is 23.0. The molecule has 28 heavy (non-hydrogen) atoms. The molecular formula is C21H27NO6. The SMILES string of the molecule is CC(C)(C)O.O=C(N[C@@H](Cc1ccc(O)cc1)C(=O)O)OCc1ccccc1. The lowest BCUT2D eigenvalue weighted by Crippen LogP contribution is -2.42. The van der Waals surface area contributed by atoms with E-state index in [0.29, 0.717) is 5.56 Å². The highest BCUT2D eigenvalue weighted by Crippen LogP contribution is 2.11. The number of hydrogen-bond acceptors (Lipinski definition) is 5. The molecule has 0 aliphatic carbocycles. The van der Waals surface area contributed by atoms with Crippen molar-refractivity contribution in [2.45, 2.75) is 45.4 Å². The van der Waals surface area contributed by atoms with Crippen molar-refractivity contribution in [1.29, 1.82) is 0 Å². The molecular weight excluding hydrogens is 362 g/mol. The Bertz CT molecular complexity index is 732. The zero-order valence-corrected chi connectivity index (χ0v) is 16.3. The first-order valence-corrected chi connectivity index (χ1v) is 8.75. The fourth-order valence-corrected chi connectivity index (χ4v) is 1.97. The van der Waals surface area contributed by atoms with E-state index >= 15 is 0 Å². The summed E-state index contributed by atoms with van der Waals surface area (Å²) in [6.45, 7) is 5.30. The van der Waals surface area contributed by atoms with Crippen LogP contribution in [0.3, 0.4) is 0 Å². The number of aliphatic hydroxyl groups is 1. The van der Waals surface area contributed by atoms with Gasteiger partial charge in [-0.2, -0.15) is 0 Å². The molecule has 0 radical (unpaired) electrons. The predicted molar refractivity (Wildman–Crippen MR) is 105 cm³/mol. The van der Waals surface area contributed by atoms with Crippen molar-refractivity contribution in [2.24, 2.45) is 0 Å². The standard InChI is InChI=1S/C17H17NO5.C4H10O/c19-14-8-6-12(7-9-14)10-15(16(20)21)18-17(22)23-11-13-4-2-1-3-5-13;1-4(2,3)5/h1-9,15,19H,10-11H2,(H,18,22)(H,20,21);5H,1-3H3/t15-;/m0./s1. The number of benzene rings is 2. The number of aromatic hydroxyl groups is 1. The van der Waals surface area contributed by atoms with Gasteiger partial charge < -0.3 is 25.4 Å². The van der Waals surface area contributed by atoms with E-state index in [2.05, 4.69) is 5.32 Å². The number of rotatable bonds is 6. The van der Waals surface area contributed by atoms with Crippen LogP contribution in [0.4, 0.5) is 4.79 Å². The second kappa shape index (κ2) is 10.9. The minimum atomic E-state index is -1.16. The summed E-state index contributed by atoms with van der Waals surface area (Å²) in [5.74, 6) is -1.06. The van der Waals surface area contributed by atoms with Crippen molar-refractivity contribution in [3.8, 4) is 5.75 Å². The normalized spacial score (nSPS) is 11.6. The van der Waals surface area contributed by atoms with Gasteiger partial charge in [-0.15, -0.1) is 0 Å². The molecule has 0 saturated carbocycles. The molecule has 0 fully saturated rings. The number of carbonyl (C=O) groups excluding carboxylic acids is 1. The second-order valence-corrected chi connectivity index (χ2v) is 7.14. The van der Waals surface area contributed by atoms with Gasteiger partial charge in [0.25, 0.3) is 0 Å². The van der Waals surface area contributed by atoms with Gasteiger partial charge in [-0.25, -0.2) is 9.59 Å². The summed E-state index contributed by atoms with van der Waals surface area (Å²) in [4.78, 5) is 23.0. The molecule has 2 aromatic rings. The van der Waals surface area contributed by atoms with Crippen molar-refractivity contribution >= 4 is 12.1 Å². The molecule has 152 valence electrons. The Labute approximate surface area is 164 Å². The summed E-state index contributed by atoms with van der Waals surface area (Å²) in [7, 11) is 0. The molecule has 0 aromatic heterocycles. The maximum atomic E-state index is 11.7. The number of amides is 1. The molecule has 7 nitrogen and oxygen atoms in total. The van der Waals surface area contributed by atoms with E-state index in [4.69, 9.17) is 9.84 Å². The Morgan fingerprint density at radius 3 is 2.04 bits per heavy atom. The summed E-state index contributed by atoms with van der Waals surface area (Å²) >= 11 is 0. The third-order valence-corrected chi connectivity index (χ3v) is 3.18. The molecule has 2 rings (SSSR count). The first-order chi connectivity index (χ1) is 13.0. The van der Waals surface area contributed by atoms with Gasteiger partial charge in [0.05, 0.1) is 5.60 Å². The predicted octanol–water partition coefficient (Wildman–Crippen LogP) is 3.09. The molecule has 0 aliphatic rings. The van der Waals surface area contributed by atoms with Gasteiger partial charge in [-0.1, -0.05) is 42.5 Å². The fraction of sp³-hybridized carbons (Fsp3) is 0.333. The summed E-state index contributed by atoms with van der Waals surface area (Å²) in [6, 6.07) is 14.1. The van der Waals surface area contributed by atoms with E-state index in [-0.39, 0.29) is 18.8 Å². The molecule has 1 atom stereocenters. The Morgan fingerprint density at radius 2 is 1.54 bits per heavy atom. The van der Waals surface area contributed by atoms with Crippen molar-refractivity contribution in [1.82, 2.24) is 5.32 Å². The quantitative estimate of drug-likeness (QED) is 0.603. The molecule has 0 spiro atoms. The number of phenolic OH excluding ortho intramolecular Hbond substituents is 1. The highest BCUT2D eigenvalue weighted by molar-refractivity contribution is 5.80. The van der Waals surface area contributed by atoms with Crippen LogP contribution in [0.25, 0.3) is 0 Å². The molecule has 7 heteroatoms. The minimum Gasteiger partial charge on any atom is -0.508 e. The van der Waals surface area contributed by atoms with Crippen molar-refractivity contribution < 1.29 is 29.6 Å². The van der Waals surface area contributed by atoms with E-state index in [1.165, 1.54) is 12.1 Å². The van der Waals surface area contributed by atoms with Gasteiger partial charge in [0, 0.05) is 6.42 Å². The summed E-state index contributed by atoms with van der Waals surface area (Å²) in [6.07, 6.45) is -0.698. The number of hydrogen-bond donors (Lipinski definition) is 4. The zero-order valence-electron chi connectivity index (χ0n) is 16.3. The van der Waals surface area contributed by atoms with Crippen LogP contribution >= 0.6 is 0 Å². The second-order valence-electron chi connectivity index (χ2n) is 7.14. The smallest absolute Gasteiger partial charge is 0.408 e. The first-order valence-electron chi connectivity index (χ1n) is 8.75. The van der Waals surface area contributed by atoms with Gasteiger partial charge in [0.15, 0.2) is 0 Å². The highest BCUT2D eigenvalue weighted by Gasteiger charge is 2.21. The monoisotopic (exact) mass is 389 g/mol. The number of ether oxygens (including phenoxy) is 1. The number of alkyl carbamates (subject to hydrolysis) is 1. The molecule has 1 amide bonds. The Morgan fingerprint density at radius 1 is 1.00 bits per heavy atom. The third kappa shape index (κ3) is 10.8. The summed E-state index contributed by atoms with van der Waals surface area (Å²) in [5, 5.41) is 29.3. The number of carboxylic acid groups (broad SMARTS) is 1. The molecule has 0 aliphatic heterocycles. The van der Waals surface area contributed by atoms with Crippen LogP contribution < -0.4 is 5.32 Å². The third-order valence-electron chi connectivity index (χ3n) is 3.18. The van der Waals surface area contributed by atoms with Gasteiger partial charge in [-0.3, -0.25) is 0 Å². The van der Waals surface area contributed by atoms with Crippen molar-refractivity contribution in [3.63, 3.8) is 0 Å². The average Bonchev–Trinajstić information content (AvgIpc) is 2.60. The number of phenols is 1. The van der Waals surface area contributed by atoms with Crippen LogP contribution in [-0.2, 0) is 22.6 Å². The number of carbonyl (C=O) groups is 2. The van der Waals surface area contributed by atoms with E-state index in [1.54, 1.807) is 45.0 Å². The molecule has 0 heterocycles. The van der Waals surface area contributed by atoms with Crippen molar-refractivity contribution in [2.75, 3.05) is 0 Å². The highest BCUT2D eigenvalue weighted by atomic mass is 16.5. The minimum absolute atomic E-state index is 0.0677. The van der Waals surface area contributed by atoms with Crippen LogP contribution in [0.1, 0.15) is 31.9 Å². The van der Waals surface area contributed by atoms with E-state index < -0.39 is 23.7 Å². The topological polar surface area (TPSA) is 116 Å². The van der Waals surface area contributed by atoms with E-state index in [9.17, 15) is 19.8 Å². The largest absolute Gasteiger partial charge is 0.508 e. The van der Waals surface area contributed by atoms with E-state index in [1.807, 2.05) is 18.2 Å². The molecule has 0 unspecified atom stereocenters. The summed E-state index contributed by atoms with van der Waals surface area (Å²) < 4.78 is 5.01. The Kier molecular flexibility index (Phi) is 8.98. The van der Waals surface area contributed by atoms with Crippen LogP contribution in [0.2, 0.25) is 0 Å². The fourth-order valence-electron chi connectivity index (χ4n) is 1.97. The average molecular weight is 389 g/mol. The van der Waals surface area contributed by atoms with Crippen LogP contribution in [0.5, 0.6) is 5.75 Å². The van der Waals surface area contributed by atoms with Crippen LogP contribution in [0.15, 0.2) is 54.6 Å². The zero-order chi connectivity index (χ0) is 21.2. The van der Waals surface area contributed by atoms with Gasteiger partial charge in [0.2, 0.25) is 0 Å². The lowest BCUT2D eigenvalue weighted by atomic mass is 10.1. The number of nitrogens with one attached hydrogen (secondary N) is 1. The van der Waals surface area contributed by atoms with Gasteiger partial charge in [0.1, 0.15) is 18.4 Å². The summed E-state index contributed by atoms with van der Waals surface area (Å²) in [5.41, 5.74) is 0.992.